The third-order valence-corrected chi connectivity index (χ3v) is 3.25. The van der Waals surface area contributed by atoms with Crippen molar-refractivity contribution in [1.29, 1.82) is 0 Å². The predicted molar refractivity (Wildman–Crippen MR) is 52.3 cm³/mol. The number of allylic oxidation sites excluding steroid dienone is 1. The van der Waals surface area contributed by atoms with E-state index in [1.165, 1.54) is 7.11 Å². The van der Waals surface area contributed by atoms with E-state index in [0.29, 0.717) is 5.92 Å². The Morgan fingerprint density at radius 1 is 1.77 bits per heavy atom. The van der Waals surface area contributed by atoms with Crippen LogP contribution in [0.15, 0.2) is 12.7 Å². The summed E-state index contributed by atoms with van der Waals surface area (Å²) < 4.78 is 4.84. The van der Waals surface area contributed by atoms with Crippen LogP contribution in [-0.2, 0) is 9.53 Å². The Balaban J connectivity index is 2.74. The Morgan fingerprint density at radius 3 is 3.00 bits per heavy atom. The number of ether oxygens (including phenoxy) is 1. The fourth-order valence-electron chi connectivity index (χ4n) is 2.32. The number of esters is 1. The summed E-state index contributed by atoms with van der Waals surface area (Å²) in [5, 5.41) is 0. The summed E-state index contributed by atoms with van der Waals surface area (Å²) in [5.41, 5.74) is -0.261. The molecule has 2 heteroatoms. The van der Waals surface area contributed by atoms with Crippen molar-refractivity contribution in [2.24, 2.45) is 11.3 Å². The van der Waals surface area contributed by atoms with Gasteiger partial charge in [0.15, 0.2) is 0 Å². The van der Waals surface area contributed by atoms with Gasteiger partial charge in [0.2, 0.25) is 0 Å². The van der Waals surface area contributed by atoms with Crippen LogP contribution in [0.2, 0.25) is 0 Å². The van der Waals surface area contributed by atoms with Gasteiger partial charge in [-0.1, -0.05) is 12.5 Å². The molecule has 2 atom stereocenters. The summed E-state index contributed by atoms with van der Waals surface area (Å²) in [6.07, 6.45) is 6.03. The van der Waals surface area contributed by atoms with Crippen molar-refractivity contribution in [3.8, 4) is 0 Å². The van der Waals surface area contributed by atoms with Gasteiger partial charge in [-0.25, -0.2) is 0 Å². The minimum Gasteiger partial charge on any atom is -0.469 e. The van der Waals surface area contributed by atoms with E-state index < -0.39 is 0 Å². The average Bonchev–Trinajstić information content (AvgIpc) is 2.49. The first-order valence-corrected chi connectivity index (χ1v) is 4.84. The summed E-state index contributed by atoms with van der Waals surface area (Å²) in [7, 11) is 1.47. The fraction of sp³-hybridized carbons (Fsp3) is 0.727. The second kappa shape index (κ2) is 3.95. The van der Waals surface area contributed by atoms with Gasteiger partial charge in [0.25, 0.3) is 0 Å². The number of rotatable bonds is 3. The number of hydrogen-bond donors (Lipinski definition) is 0. The van der Waals surface area contributed by atoms with Crippen LogP contribution in [0.25, 0.3) is 0 Å². The van der Waals surface area contributed by atoms with E-state index in [1.807, 2.05) is 13.0 Å². The second-order valence-corrected chi connectivity index (χ2v) is 4.02. The molecule has 0 bridgehead atoms. The molecule has 13 heavy (non-hydrogen) atoms. The van der Waals surface area contributed by atoms with E-state index in [-0.39, 0.29) is 11.4 Å². The first kappa shape index (κ1) is 10.3. The minimum absolute atomic E-state index is 0.0585. The Labute approximate surface area is 80.0 Å². The van der Waals surface area contributed by atoms with Crippen LogP contribution in [0.1, 0.15) is 32.6 Å². The lowest BCUT2D eigenvalue weighted by molar-refractivity contribution is -0.153. The molecule has 0 aromatic carbocycles. The maximum absolute atomic E-state index is 11.6. The molecule has 0 amide bonds. The number of hydrogen-bond acceptors (Lipinski definition) is 2. The highest BCUT2D eigenvalue weighted by Crippen LogP contribution is 2.45. The molecule has 74 valence electrons. The lowest BCUT2D eigenvalue weighted by Crippen LogP contribution is -2.32. The largest absolute Gasteiger partial charge is 0.469 e. The molecule has 1 fully saturated rings. The topological polar surface area (TPSA) is 26.3 Å². The quantitative estimate of drug-likeness (QED) is 0.495. The SMILES string of the molecule is C=CCC1CCCC1(C)C(=O)OC. The van der Waals surface area contributed by atoms with Crippen LogP contribution in [0.3, 0.4) is 0 Å². The van der Waals surface area contributed by atoms with Crippen molar-refractivity contribution >= 4 is 5.97 Å². The van der Waals surface area contributed by atoms with Gasteiger partial charge in [-0.2, -0.15) is 0 Å². The molecule has 1 aliphatic carbocycles. The molecule has 0 aromatic rings. The Kier molecular flexibility index (Phi) is 3.12. The van der Waals surface area contributed by atoms with Gasteiger partial charge in [0.1, 0.15) is 0 Å². The zero-order valence-electron chi connectivity index (χ0n) is 8.51. The van der Waals surface area contributed by atoms with Crippen LogP contribution < -0.4 is 0 Å². The Morgan fingerprint density at radius 2 is 2.46 bits per heavy atom. The number of carbonyl (C=O) groups excluding carboxylic acids is 1. The third-order valence-electron chi connectivity index (χ3n) is 3.25. The lowest BCUT2D eigenvalue weighted by Gasteiger charge is -2.27. The lowest BCUT2D eigenvalue weighted by atomic mass is 9.78. The average molecular weight is 182 g/mol. The fourth-order valence-corrected chi connectivity index (χ4v) is 2.32. The first-order valence-electron chi connectivity index (χ1n) is 4.84. The highest BCUT2D eigenvalue weighted by atomic mass is 16.5. The van der Waals surface area contributed by atoms with E-state index in [4.69, 9.17) is 4.74 Å². The molecular formula is C11H18O2. The number of methoxy groups -OCH3 is 1. The molecule has 0 N–H and O–H groups in total. The molecule has 0 aromatic heterocycles. The van der Waals surface area contributed by atoms with Crippen molar-refractivity contribution in [3.63, 3.8) is 0 Å². The summed E-state index contributed by atoms with van der Waals surface area (Å²) in [6.45, 7) is 5.74. The van der Waals surface area contributed by atoms with Crippen molar-refractivity contribution in [2.75, 3.05) is 7.11 Å². The molecule has 1 rings (SSSR count). The van der Waals surface area contributed by atoms with Crippen LogP contribution >= 0.6 is 0 Å². The maximum Gasteiger partial charge on any atom is 0.311 e. The van der Waals surface area contributed by atoms with Gasteiger partial charge in [0.05, 0.1) is 12.5 Å². The molecule has 0 aliphatic heterocycles. The van der Waals surface area contributed by atoms with Gasteiger partial charge in [-0.05, 0) is 32.1 Å². The van der Waals surface area contributed by atoms with E-state index in [9.17, 15) is 4.79 Å². The van der Waals surface area contributed by atoms with Gasteiger partial charge in [-0.15, -0.1) is 6.58 Å². The minimum atomic E-state index is -0.261. The van der Waals surface area contributed by atoms with Gasteiger partial charge in [0, 0.05) is 0 Å². The summed E-state index contributed by atoms with van der Waals surface area (Å²) in [6, 6.07) is 0. The molecular weight excluding hydrogens is 164 g/mol. The van der Waals surface area contributed by atoms with Gasteiger partial charge >= 0.3 is 5.97 Å². The van der Waals surface area contributed by atoms with Gasteiger partial charge in [-0.3, -0.25) is 4.79 Å². The Hall–Kier alpha value is -0.790. The van der Waals surface area contributed by atoms with E-state index in [1.54, 1.807) is 0 Å². The normalized spacial score (nSPS) is 32.9. The summed E-state index contributed by atoms with van der Waals surface area (Å²) in [5.74, 6) is 0.370. The summed E-state index contributed by atoms with van der Waals surface area (Å²) in [4.78, 5) is 11.6. The van der Waals surface area contributed by atoms with E-state index in [2.05, 4.69) is 6.58 Å². The van der Waals surface area contributed by atoms with Crippen molar-refractivity contribution < 1.29 is 9.53 Å². The molecule has 2 unspecified atom stereocenters. The third kappa shape index (κ3) is 1.77. The van der Waals surface area contributed by atoms with Crippen LogP contribution in [0.4, 0.5) is 0 Å². The van der Waals surface area contributed by atoms with Crippen LogP contribution in [-0.4, -0.2) is 13.1 Å². The first-order chi connectivity index (χ1) is 6.15. The molecule has 0 saturated heterocycles. The highest BCUT2D eigenvalue weighted by Gasteiger charge is 2.44. The maximum atomic E-state index is 11.6. The predicted octanol–water partition coefficient (Wildman–Crippen LogP) is 2.54. The van der Waals surface area contributed by atoms with Gasteiger partial charge < -0.3 is 4.74 Å². The number of carbonyl (C=O) groups is 1. The smallest absolute Gasteiger partial charge is 0.311 e. The van der Waals surface area contributed by atoms with E-state index >= 15 is 0 Å². The standard InChI is InChI=1S/C11H18O2/c1-4-6-9-7-5-8-11(9,2)10(12)13-3/h4,9H,1,5-8H2,2-3H3. The molecule has 1 aliphatic rings. The van der Waals surface area contributed by atoms with Crippen molar-refractivity contribution in [3.05, 3.63) is 12.7 Å². The molecule has 0 spiro atoms. The Bertz CT molecular complexity index is 210. The zero-order chi connectivity index (χ0) is 9.90. The second-order valence-electron chi connectivity index (χ2n) is 4.02. The molecule has 2 nitrogen and oxygen atoms in total. The van der Waals surface area contributed by atoms with Crippen LogP contribution in [0, 0.1) is 11.3 Å². The molecule has 0 radical (unpaired) electrons. The van der Waals surface area contributed by atoms with Crippen LogP contribution in [0.5, 0.6) is 0 Å². The van der Waals surface area contributed by atoms with Crippen molar-refractivity contribution in [1.82, 2.24) is 0 Å². The summed E-state index contributed by atoms with van der Waals surface area (Å²) >= 11 is 0. The zero-order valence-corrected chi connectivity index (χ0v) is 8.51. The van der Waals surface area contributed by atoms with Crippen molar-refractivity contribution in [2.45, 2.75) is 32.6 Å². The molecule has 1 saturated carbocycles. The molecule has 0 heterocycles. The monoisotopic (exact) mass is 182 g/mol. The van der Waals surface area contributed by atoms with E-state index in [0.717, 1.165) is 25.7 Å². The highest BCUT2D eigenvalue weighted by molar-refractivity contribution is 5.77.